The number of unbranched alkanes of at least 4 members (excludes halogenated alkanes) is 3. The van der Waals surface area contributed by atoms with E-state index in [2.05, 4.69) is 56.3 Å². The quantitative estimate of drug-likeness (QED) is 0.269. The van der Waals surface area contributed by atoms with E-state index in [0.29, 0.717) is 11.8 Å². The highest BCUT2D eigenvalue weighted by Gasteiger charge is 2.25. The normalized spacial score (nSPS) is 27.8. The Morgan fingerprint density at radius 2 is 1.26 bits per heavy atom. The molecule has 5 rings (SSSR count). The Labute approximate surface area is 238 Å². The summed E-state index contributed by atoms with van der Waals surface area (Å²) in [4.78, 5) is 0. The lowest BCUT2D eigenvalue weighted by atomic mass is 9.76. The topological polar surface area (TPSA) is 0 Å². The molecule has 0 bridgehead atoms. The van der Waals surface area contributed by atoms with Crippen molar-refractivity contribution >= 4 is 5.57 Å². The van der Waals surface area contributed by atoms with Crippen LogP contribution in [0.1, 0.15) is 163 Å². The van der Waals surface area contributed by atoms with Gasteiger partial charge in [0.1, 0.15) is 5.82 Å². The van der Waals surface area contributed by atoms with Crippen LogP contribution in [0.4, 0.5) is 4.39 Å². The predicted molar refractivity (Wildman–Crippen MR) is 166 cm³/mol. The molecule has 1 heteroatoms. The molecule has 0 heterocycles. The smallest absolute Gasteiger partial charge is 0.130 e. The summed E-state index contributed by atoms with van der Waals surface area (Å²) in [5.41, 5.74) is 6.31. The Morgan fingerprint density at radius 3 is 1.85 bits per heavy atom. The maximum atomic E-state index is 15.4. The first kappa shape index (κ1) is 28.6. The van der Waals surface area contributed by atoms with Crippen molar-refractivity contribution in [2.45, 2.75) is 141 Å². The van der Waals surface area contributed by atoms with Gasteiger partial charge in [-0.3, -0.25) is 0 Å². The molecule has 212 valence electrons. The van der Waals surface area contributed by atoms with Crippen molar-refractivity contribution < 1.29 is 4.39 Å². The molecule has 0 aromatic heterocycles. The van der Waals surface area contributed by atoms with Crippen molar-refractivity contribution in [3.8, 4) is 0 Å². The number of allylic oxidation sites excluding steroid dienone is 2. The van der Waals surface area contributed by atoms with Crippen LogP contribution in [-0.2, 0) is 0 Å². The van der Waals surface area contributed by atoms with Crippen LogP contribution >= 0.6 is 0 Å². The van der Waals surface area contributed by atoms with Gasteiger partial charge in [0.15, 0.2) is 0 Å². The lowest BCUT2D eigenvalue weighted by Gasteiger charge is -2.29. The maximum absolute atomic E-state index is 15.4. The summed E-state index contributed by atoms with van der Waals surface area (Å²) in [6, 6.07) is 15.8. The first-order valence-electron chi connectivity index (χ1n) is 16.7. The molecule has 0 N–H and O–H groups in total. The number of hydrogen-bond acceptors (Lipinski definition) is 0. The van der Waals surface area contributed by atoms with Gasteiger partial charge in [-0.05, 0) is 129 Å². The number of halogens is 1. The summed E-state index contributed by atoms with van der Waals surface area (Å²) < 4.78 is 15.4. The molecule has 2 aromatic rings. The molecule has 39 heavy (non-hydrogen) atoms. The van der Waals surface area contributed by atoms with Gasteiger partial charge in [-0.1, -0.05) is 94.8 Å². The van der Waals surface area contributed by atoms with Gasteiger partial charge < -0.3 is 0 Å². The highest BCUT2D eigenvalue weighted by molar-refractivity contribution is 5.67. The molecule has 0 saturated heterocycles. The maximum Gasteiger partial charge on any atom is 0.130 e. The summed E-state index contributed by atoms with van der Waals surface area (Å²) in [5.74, 6) is 3.74. The Hall–Kier alpha value is -1.89. The fraction of sp³-hybridized carbons (Fsp3) is 0.632. The predicted octanol–water partition coefficient (Wildman–Crippen LogP) is 12.1. The zero-order valence-electron chi connectivity index (χ0n) is 24.9. The van der Waals surface area contributed by atoms with E-state index in [0.717, 1.165) is 42.6 Å². The molecule has 0 aliphatic heterocycles. The van der Waals surface area contributed by atoms with E-state index in [4.69, 9.17) is 0 Å². The van der Waals surface area contributed by atoms with Gasteiger partial charge in [0.25, 0.3) is 0 Å². The van der Waals surface area contributed by atoms with Crippen LogP contribution in [0.25, 0.3) is 5.57 Å². The molecule has 3 aliphatic carbocycles. The van der Waals surface area contributed by atoms with Crippen molar-refractivity contribution in [1.29, 1.82) is 0 Å². The first-order valence-corrected chi connectivity index (χ1v) is 16.7. The standard InChI is InChI=1S/C38H53F/c1-3-5-6-7-8-29-11-15-34(16-12-29)36-25-26-37(38(39)27-36)35-23-21-33(22-24-35)32-19-17-31(18-20-32)30-13-9-28(4-2)10-14-30/h17-20,23,25-30,33-34H,3-16,21-22,24H2,1-2H3. The van der Waals surface area contributed by atoms with Gasteiger partial charge in [-0.15, -0.1) is 0 Å². The van der Waals surface area contributed by atoms with Crippen LogP contribution in [0.5, 0.6) is 0 Å². The number of benzene rings is 2. The van der Waals surface area contributed by atoms with Crippen LogP contribution in [0.3, 0.4) is 0 Å². The van der Waals surface area contributed by atoms with Crippen molar-refractivity contribution in [2.24, 2.45) is 11.8 Å². The Bertz CT molecular complexity index is 1050. The van der Waals surface area contributed by atoms with Crippen molar-refractivity contribution in [1.82, 2.24) is 0 Å². The van der Waals surface area contributed by atoms with Gasteiger partial charge in [-0.25, -0.2) is 4.39 Å². The molecule has 2 fully saturated rings. The van der Waals surface area contributed by atoms with Crippen molar-refractivity contribution in [3.05, 3.63) is 76.6 Å². The van der Waals surface area contributed by atoms with E-state index in [9.17, 15) is 0 Å². The minimum absolute atomic E-state index is 0.000959. The van der Waals surface area contributed by atoms with E-state index in [-0.39, 0.29) is 5.82 Å². The highest BCUT2D eigenvalue weighted by atomic mass is 19.1. The lowest BCUT2D eigenvalue weighted by Crippen LogP contribution is -2.14. The zero-order valence-corrected chi connectivity index (χ0v) is 24.9. The summed E-state index contributed by atoms with van der Waals surface area (Å²) >= 11 is 0. The number of rotatable bonds is 10. The molecule has 1 atom stereocenters. The van der Waals surface area contributed by atoms with Gasteiger partial charge in [0.05, 0.1) is 0 Å². The lowest BCUT2D eigenvalue weighted by molar-refractivity contribution is 0.302. The van der Waals surface area contributed by atoms with E-state index < -0.39 is 0 Å². The van der Waals surface area contributed by atoms with Crippen LogP contribution < -0.4 is 0 Å². The van der Waals surface area contributed by atoms with Crippen LogP contribution in [0.15, 0.2) is 48.5 Å². The van der Waals surface area contributed by atoms with Crippen LogP contribution in [-0.4, -0.2) is 0 Å². The monoisotopic (exact) mass is 528 g/mol. The van der Waals surface area contributed by atoms with E-state index in [1.54, 1.807) is 5.56 Å². The minimum Gasteiger partial charge on any atom is -0.206 e. The van der Waals surface area contributed by atoms with Gasteiger partial charge in [0, 0.05) is 5.56 Å². The summed E-state index contributed by atoms with van der Waals surface area (Å²) in [5, 5.41) is 0. The molecule has 0 radical (unpaired) electrons. The third kappa shape index (κ3) is 7.45. The highest BCUT2D eigenvalue weighted by Crippen LogP contribution is 2.41. The molecular weight excluding hydrogens is 475 g/mol. The SMILES string of the molecule is CCCCCCC1CCC(c2ccc(C3=CCC(c4ccc(C5CCC(CC)CC5)cc4)CC3)c(F)c2)CC1. The fourth-order valence-corrected chi connectivity index (χ4v) is 8.02. The minimum atomic E-state index is 0.000959. The summed E-state index contributed by atoms with van der Waals surface area (Å²) in [6.45, 7) is 4.63. The molecule has 2 saturated carbocycles. The third-order valence-corrected chi connectivity index (χ3v) is 10.8. The summed E-state index contributed by atoms with van der Waals surface area (Å²) in [6.07, 6.45) is 24.3. The second kappa shape index (κ2) is 14.1. The van der Waals surface area contributed by atoms with Gasteiger partial charge in [0.2, 0.25) is 0 Å². The molecule has 0 amide bonds. The Morgan fingerprint density at radius 1 is 0.641 bits per heavy atom. The molecule has 3 aliphatic rings. The molecule has 1 unspecified atom stereocenters. The second-order valence-electron chi connectivity index (χ2n) is 13.3. The molecule has 0 spiro atoms. The number of hydrogen-bond donors (Lipinski definition) is 0. The third-order valence-electron chi connectivity index (χ3n) is 10.8. The fourth-order valence-electron chi connectivity index (χ4n) is 8.02. The largest absolute Gasteiger partial charge is 0.206 e. The van der Waals surface area contributed by atoms with Crippen molar-refractivity contribution in [2.75, 3.05) is 0 Å². The Balaban J connectivity index is 1.13. The van der Waals surface area contributed by atoms with Gasteiger partial charge in [-0.2, -0.15) is 0 Å². The van der Waals surface area contributed by atoms with E-state index in [1.165, 1.54) is 107 Å². The van der Waals surface area contributed by atoms with Gasteiger partial charge >= 0.3 is 0 Å². The summed E-state index contributed by atoms with van der Waals surface area (Å²) in [7, 11) is 0. The molecular formula is C38H53F. The van der Waals surface area contributed by atoms with Crippen LogP contribution in [0.2, 0.25) is 0 Å². The average molecular weight is 529 g/mol. The average Bonchev–Trinajstić information content (AvgIpc) is 3.00. The molecule has 0 nitrogen and oxygen atoms in total. The Kier molecular flexibility index (Phi) is 10.4. The van der Waals surface area contributed by atoms with E-state index in [1.807, 2.05) is 6.07 Å². The zero-order chi connectivity index (χ0) is 27.0. The van der Waals surface area contributed by atoms with E-state index >= 15 is 4.39 Å². The van der Waals surface area contributed by atoms with Crippen LogP contribution in [0, 0.1) is 17.7 Å². The second-order valence-corrected chi connectivity index (χ2v) is 13.3. The first-order chi connectivity index (χ1) is 19.1. The van der Waals surface area contributed by atoms with Crippen molar-refractivity contribution in [3.63, 3.8) is 0 Å². The molecule has 2 aromatic carbocycles.